The van der Waals surface area contributed by atoms with Crippen LogP contribution in [0.3, 0.4) is 0 Å². The average molecular weight is 248 g/mol. The Hall–Kier alpha value is -1.55. The number of carbonyl (C=O) groups excluding carboxylic acids is 1. The van der Waals surface area contributed by atoms with Crippen molar-refractivity contribution in [2.45, 2.75) is 25.8 Å². The molecule has 1 amide bonds. The fraction of sp³-hybridized carbons (Fsp3) is 0.500. The molecule has 1 heterocycles. The molecule has 98 valence electrons. The monoisotopic (exact) mass is 248 g/mol. The van der Waals surface area contributed by atoms with Crippen molar-refractivity contribution >= 4 is 5.91 Å². The van der Waals surface area contributed by atoms with Crippen LogP contribution in [0.25, 0.3) is 0 Å². The lowest BCUT2D eigenvalue weighted by Crippen LogP contribution is -2.68. The van der Waals surface area contributed by atoms with E-state index in [1.54, 1.807) is 11.0 Å². The van der Waals surface area contributed by atoms with Gasteiger partial charge in [-0.2, -0.15) is 0 Å². The van der Waals surface area contributed by atoms with Crippen LogP contribution in [0.4, 0.5) is 0 Å². The minimum Gasteiger partial charge on any atom is -0.493 e. The topological polar surface area (TPSA) is 55.6 Å². The van der Waals surface area contributed by atoms with E-state index in [4.69, 9.17) is 10.5 Å². The first-order valence-electron chi connectivity index (χ1n) is 6.39. The molecule has 0 atom stereocenters. The highest BCUT2D eigenvalue weighted by molar-refractivity contribution is 5.97. The predicted molar refractivity (Wildman–Crippen MR) is 70.7 cm³/mol. The number of nitrogens with two attached hydrogens (primary N) is 1. The Balaban J connectivity index is 2.11. The first kappa shape index (κ1) is 12.9. The molecule has 1 fully saturated rings. The Morgan fingerprint density at radius 1 is 1.39 bits per heavy atom. The second kappa shape index (κ2) is 4.98. The third-order valence-electron chi connectivity index (χ3n) is 3.42. The Labute approximate surface area is 108 Å². The molecule has 0 spiro atoms. The van der Waals surface area contributed by atoms with Crippen LogP contribution < -0.4 is 10.5 Å². The van der Waals surface area contributed by atoms with Gasteiger partial charge in [-0.3, -0.25) is 4.79 Å². The van der Waals surface area contributed by atoms with Gasteiger partial charge in [0, 0.05) is 13.1 Å². The fourth-order valence-electron chi connectivity index (χ4n) is 2.18. The molecular formula is C14H20N2O2. The molecule has 2 rings (SSSR count). The van der Waals surface area contributed by atoms with Crippen LogP contribution in [0.2, 0.25) is 0 Å². The van der Waals surface area contributed by atoms with E-state index >= 15 is 0 Å². The van der Waals surface area contributed by atoms with Crippen molar-refractivity contribution in [1.82, 2.24) is 4.90 Å². The lowest BCUT2D eigenvalue weighted by atomic mass is 9.87. The van der Waals surface area contributed by atoms with Crippen molar-refractivity contribution in [2.75, 3.05) is 19.7 Å². The molecule has 18 heavy (non-hydrogen) atoms. The van der Waals surface area contributed by atoms with Crippen LogP contribution in [-0.4, -0.2) is 36.0 Å². The first-order chi connectivity index (χ1) is 8.59. The third kappa shape index (κ3) is 2.34. The van der Waals surface area contributed by atoms with E-state index in [1.807, 2.05) is 25.1 Å². The predicted octanol–water partition coefficient (Wildman–Crippen LogP) is 1.65. The zero-order valence-electron chi connectivity index (χ0n) is 11.0. The van der Waals surface area contributed by atoms with Crippen LogP contribution in [-0.2, 0) is 0 Å². The smallest absolute Gasteiger partial charge is 0.257 e. The third-order valence-corrected chi connectivity index (χ3v) is 3.42. The molecule has 4 heteroatoms. The second-order valence-corrected chi connectivity index (χ2v) is 4.81. The van der Waals surface area contributed by atoms with Gasteiger partial charge in [0.15, 0.2) is 0 Å². The molecule has 1 aliphatic rings. The summed E-state index contributed by atoms with van der Waals surface area (Å²) in [5.74, 6) is 0.657. The van der Waals surface area contributed by atoms with Crippen molar-refractivity contribution in [2.24, 2.45) is 5.73 Å². The van der Waals surface area contributed by atoms with Gasteiger partial charge in [0.25, 0.3) is 5.91 Å². The van der Waals surface area contributed by atoms with E-state index in [2.05, 4.69) is 6.92 Å². The number of carbonyl (C=O) groups is 1. The van der Waals surface area contributed by atoms with Gasteiger partial charge in [-0.1, -0.05) is 19.1 Å². The first-order valence-corrected chi connectivity index (χ1v) is 6.39. The van der Waals surface area contributed by atoms with Gasteiger partial charge >= 0.3 is 0 Å². The van der Waals surface area contributed by atoms with Crippen molar-refractivity contribution in [3.63, 3.8) is 0 Å². The maximum atomic E-state index is 12.3. The molecule has 0 aromatic heterocycles. The highest BCUT2D eigenvalue weighted by atomic mass is 16.5. The van der Waals surface area contributed by atoms with Crippen molar-refractivity contribution in [1.29, 1.82) is 0 Å². The van der Waals surface area contributed by atoms with Crippen LogP contribution >= 0.6 is 0 Å². The van der Waals surface area contributed by atoms with Crippen molar-refractivity contribution in [3.8, 4) is 5.75 Å². The molecule has 2 N–H and O–H groups in total. The number of ether oxygens (including phenoxy) is 1. The minimum atomic E-state index is -0.198. The number of rotatable bonds is 4. The summed E-state index contributed by atoms with van der Waals surface area (Å²) in [5.41, 5.74) is 6.50. The van der Waals surface area contributed by atoms with Crippen LogP contribution in [0, 0.1) is 0 Å². The number of hydrogen-bond donors (Lipinski definition) is 1. The zero-order chi connectivity index (χ0) is 13.2. The molecule has 1 aromatic rings. The zero-order valence-corrected chi connectivity index (χ0v) is 11.0. The van der Waals surface area contributed by atoms with Gasteiger partial charge in [-0.25, -0.2) is 0 Å². The van der Waals surface area contributed by atoms with Crippen molar-refractivity contribution in [3.05, 3.63) is 29.8 Å². The molecule has 0 radical (unpaired) electrons. The molecule has 0 bridgehead atoms. The largest absolute Gasteiger partial charge is 0.493 e. The number of nitrogens with zero attached hydrogens (tertiary/aromatic N) is 1. The summed E-state index contributed by atoms with van der Waals surface area (Å²) >= 11 is 0. The van der Waals surface area contributed by atoms with Gasteiger partial charge in [0.05, 0.1) is 17.7 Å². The summed E-state index contributed by atoms with van der Waals surface area (Å²) in [5, 5.41) is 0. The molecular weight excluding hydrogens is 228 g/mol. The van der Waals surface area contributed by atoms with Crippen LogP contribution in [0.15, 0.2) is 24.3 Å². The summed E-state index contributed by atoms with van der Waals surface area (Å²) in [6, 6.07) is 7.35. The van der Waals surface area contributed by atoms with Gasteiger partial charge < -0.3 is 15.4 Å². The summed E-state index contributed by atoms with van der Waals surface area (Å²) in [7, 11) is 0. The quantitative estimate of drug-likeness (QED) is 0.881. The molecule has 0 unspecified atom stereocenters. The molecule has 4 nitrogen and oxygen atoms in total. The lowest BCUT2D eigenvalue weighted by Gasteiger charge is -2.47. The number of hydrogen-bond acceptors (Lipinski definition) is 3. The maximum absolute atomic E-state index is 12.3. The van der Waals surface area contributed by atoms with Gasteiger partial charge in [-0.15, -0.1) is 0 Å². The minimum absolute atomic E-state index is 0.00794. The molecule has 0 aliphatic carbocycles. The van der Waals surface area contributed by atoms with Gasteiger partial charge in [-0.05, 0) is 25.5 Å². The summed E-state index contributed by atoms with van der Waals surface area (Å²) in [4.78, 5) is 14.1. The van der Waals surface area contributed by atoms with Gasteiger partial charge in [0.1, 0.15) is 5.75 Å². The number of para-hydroxylation sites is 1. The van der Waals surface area contributed by atoms with E-state index in [1.165, 1.54) is 0 Å². The Morgan fingerprint density at radius 2 is 2.06 bits per heavy atom. The molecule has 1 aromatic carbocycles. The number of likely N-dealkylation sites (tertiary alicyclic amines) is 1. The number of benzene rings is 1. The Morgan fingerprint density at radius 3 is 2.67 bits per heavy atom. The van der Waals surface area contributed by atoms with Crippen LogP contribution in [0.5, 0.6) is 5.75 Å². The van der Waals surface area contributed by atoms with Gasteiger partial charge in [0.2, 0.25) is 0 Å². The standard InChI is InChI=1S/C14H20N2O2/c1-3-14(15)9-16(10-14)13(17)11-7-5-6-8-12(11)18-4-2/h5-8H,3-4,9-10,15H2,1-2H3. The fourth-order valence-corrected chi connectivity index (χ4v) is 2.18. The SMILES string of the molecule is CCOc1ccccc1C(=O)N1CC(N)(CC)C1. The highest BCUT2D eigenvalue weighted by Gasteiger charge is 2.41. The van der Waals surface area contributed by atoms with E-state index < -0.39 is 0 Å². The normalized spacial score (nSPS) is 17.2. The van der Waals surface area contributed by atoms with Crippen molar-refractivity contribution < 1.29 is 9.53 Å². The second-order valence-electron chi connectivity index (χ2n) is 4.81. The molecule has 0 saturated carbocycles. The van der Waals surface area contributed by atoms with E-state index in [0.29, 0.717) is 31.0 Å². The molecule has 1 saturated heterocycles. The van der Waals surface area contributed by atoms with E-state index in [9.17, 15) is 4.79 Å². The maximum Gasteiger partial charge on any atom is 0.257 e. The molecule has 1 aliphatic heterocycles. The van der Waals surface area contributed by atoms with E-state index in [-0.39, 0.29) is 11.4 Å². The Kier molecular flexibility index (Phi) is 3.57. The number of amides is 1. The summed E-state index contributed by atoms with van der Waals surface area (Å²) < 4.78 is 5.48. The van der Waals surface area contributed by atoms with E-state index in [0.717, 1.165) is 6.42 Å². The average Bonchev–Trinajstić information content (AvgIpc) is 2.35. The highest BCUT2D eigenvalue weighted by Crippen LogP contribution is 2.27. The lowest BCUT2D eigenvalue weighted by molar-refractivity contribution is 0.0397. The van der Waals surface area contributed by atoms with Crippen LogP contribution in [0.1, 0.15) is 30.6 Å². The summed E-state index contributed by atoms with van der Waals surface area (Å²) in [6.07, 6.45) is 0.893. The Bertz CT molecular complexity index is 439. The summed E-state index contributed by atoms with van der Waals surface area (Å²) in [6.45, 7) is 5.77.